The summed E-state index contributed by atoms with van der Waals surface area (Å²) < 4.78 is 5.78. The van der Waals surface area contributed by atoms with Crippen LogP contribution in [-0.4, -0.2) is 4.98 Å². The van der Waals surface area contributed by atoms with E-state index in [1.54, 1.807) is 0 Å². The van der Waals surface area contributed by atoms with E-state index in [1.165, 1.54) is 16.5 Å². The first-order chi connectivity index (χ1) is 14.9. The molecular weight excluding hydrogens is 366 g/mol. The number of hydrogen-bond acceptors (Lipinski definition) is 2. The maximum Gasteiger partial charge on any atom is 0.130 e. The highest BCUT2D eigenvalue weighted by Crippen LogP contribution is 2.35. The zero-order valence-electron chi connectivity index (χ0n) is 16.5. The number of hydrogen-bond donors (Lipinski definition) is 0. The minimum atomic E-state index is 0.979. The maximum absolute atomic E-state index is 5.78. The summed E-state index contributed by atoms with van der Waals surface area (Å²) in [7, 11) is 0. The third-order valence-corrected chi connectivity index (χ3v) is 5.21. The third kappa shape index (κ3) is 3.81. The van der Waals surface area contributed by atoms with Gasteiger partial charge in [-0.1, -0.05) is 91.0 Å². The molecule has 5 aromatic rings. The summed E-state index contributed by atoms with van der Waals surface area (Å²) in [5.41, 5.74) is 5.77. The summed E-state index contributed by atoms with van der Waals surface area (Å²) in [6.07, 6.45) is 0.979. The highest BCUT2D eigenvalue weighted by atomic mass is 16.5. The van der Waals surface area contributed by atoms with Gasteiger partial charge < -0.3 is 4.74 Å². The van der Waals surface area contributed by atoms with Gasteiger partial charge in [0.2, 0.25) is 0 Å². The Balaban J connectivity index is 0.000000130. The largest absolute Gasteiger partial charge is 0.457 e. The van der Waals surface area contributed by atoms with Crippen molar-refractivity contribution in [3.8, 4) is 22.8 Å². The van der Waals surface area contributed by atoms with E-state index >= 15 is 0 Å². The monoisotopic (exact) mass is 387 g/mol. The number of aromatic nitrogens is 1. The van der Waals surface area contributed by atoms with Crippen LogP contribution in [0.1, 0.15) is 11.1 Å². The molecule has 0 saturated carbocycles. The molecule has 1 aromatic heterocycles. The predicted octanol–water partition coefficient (Wildman–Crippen LogP) is 7.28. The molecule has 0 N–H and O–H groups in total. The van der Waals surface area contributed by atoms with E-state index in [2.05, 4.69) is 59.6 Å². The van der Waals surface area contributed by atoms with E-state index in [-0.39, 0.29) is 0 Å². The highest BCUT2D eigenvalue weighted by molar-refractivity contribution is 5.81. The van der Waals surface area contributed by atoms with Crippen molar-refractivity contribution in [2.24, 2.45) is 0 Å². The number of fused-ring (bicyclic) bond motifs is 3. The second kappa shape index (κ2) is 8.22. The number of pyridine rings is 1. The molecule has 0 spiro atoms. The number of para-hydroxylation sites is 3. The van der Waals surface area contributed by atoms with Crippen LogP contribution in [-0.2, 0) is 6.42 Å². The number of nitrogens with zero attached hydrogens (tertiary/aromatic N) is 1. The fraction of sp³-hybridized carbons (Fsp3) is 0.0357. The fourth-order valence-electron chi connectivity index (χ4n) is 3.66. The molecule has 30 heavy (non-hydrogen) atoms. The van der Waals surface area contributed by atoms with E-state index in [4.69, 9.17) is 4.74 Å². The molecule has 1 aliphatic rings. The minimum Gasteiger partial charge on any atom is -0.457 e. The topological polar surface area (TPSA) is 22.1 Å². The first-order valence-corrected chi connectivity index (χ1v) is 10.1. The molecule has 1 aliphatic heterocycles. The van der Waals surface area contributed by atoms with Gasteiger partial charge in [-0.05, 0) is 35.4 Å². The van der Waals surface area contributed by atoms with Crippen LogP contribution in [0, 0.1) is 0 Å². The van der Waals surface area contributed by atoms with Crippen LogP contribution in [0.4, 0.5) is 0 Å². The Kier molecular flexibility index (Phi) is 4.97. The van der Waals surface area contributed by atoms with Gasteiger partial charge >= 0.3 is 0 Å². The molecule has 6 rings (SSSR count). The van der Waals surface area contributed by atoms with Crippen LogP contribution < -0.4 is 4.74 Å². The molecular formula is C28H21NO. The van der Waals surface area contributed by atoms with E-state index in [1.807, 2.05) is 60.7 Å². The van der Waals surface area contributed by atoms with E-state index < -0.39 is 0 Å². The van der Waals surface area contributed by atoms with Crippen molar-refractivity contribution in [2.45, 2.75) is 6.42 Å². The minimum absolute atomic E-state index is 0.979. The second-order valence-electron chi connectivity index (χ2n) is 7.25. The molecule has 0 amide bonds. The van der Waals surface area contributed by atoms with Crippen molar-refractivity contribution in [3.05, 3.63) is 126 Å². The molecule has 0 saturated heterocycles. The zero-order chi connectivity index (χ0) is 20.2. The first kappa shape index (κ1) is 18.1. The normalized spacial score (nSPS) is 11.5. The molecule has 4 aromatic carbocycles. The lowest BCUT2D eigenvalue weighted by Gasteiger charge is -2.19. The van der Waals surface area contributed by atoms with Gasteiger partial charge in [-0.3, -0.25) is 0 Å². The van der Waals surface area contributed by atoms with Crippen LogP contribution >= 0.6 is 0 Å². The lowest BCUT2D eigenvalue weighted by molar-refractivity contribution is 0.460. The summed E-state index contributed by atoms with van der Waals surface area (Å²) in [6.45, 7) is 0. The summed E-state index contributed by atoms with van der Waals surface area (Å²) in [4.78, 5) is 4.65. The lowest BCUT2D eigenvalue weighted by Crippen LogP contribution is -2.01. The average Bonchev–Trinajstić information content (AvgIpc) is 2.83. The van der Waals surface area contributed by atoms with Crippen LogP contribution in [0.15, 0.2) is 115 Å². The van der Waals surface area contributed by atoms with Crippen LogP contribution in [0.25, 0.3) is 22.2 Å². The maximum atomic E-state index is 5.78. The third-order valence-electron chi connectivity index (χ3n) is 5.21. The van der Waals surface area contributed by atoms with Crippen molar-refractivity contribution in [1.82, 2.24) is 4.98 Å². The second-order valence-corrected chi connectivity index (χ2v) is 7.25. The Bertz CT molecular complexity index is 1210. The van der Waals surface area contributed by atoms with Gasteiger partial charge in [0.25, 0.3) is 0 Å². The van der Waals surface area contributed by atoms with E-state index in [0.29, 0.717) is 0 Å². The Hall–Kier alpha value is -3.91. The molecule has 0 fully saturated rings. The Morgan fingerprint density at radius 2 is 1.13 bits per heavy atom. The van der Waals surface area contributed by atoms with Gasteiger partial charge in [0, 0.05) is 17.4 Å². The van der Waals surface area contributed by atoms with Crippen molar-refractivity contribution < 1.29 is 4.74 Å². The number of ether oxygens (including phenoxy) is 1. The van der Waals surface area contributed by atoms with Gasteiger partial charge in [0.1, 0.15) is 11.5 Å². The SMILES string of the molecule is c1ccc(-c2ccc3ccccc3n2)cc1.c1ccc2c(c1)Cc1ccccc1O2. The molecule has 0 bridgehead atoms. The molecule has 144 valence electrons. The Labute approximate surface area is 176 Å². The molecule has 2 nitrogen and oxygen atoms in total. The molecule has 2 heterocycles. The van der Waals surface area contributed by atoms with Gasteiger partial charge in [-0.2, -0.15) is 0 Å². The van der Waals surface area contributed by atoms with Gasteiger partial charge in [0.15, 0.2) is 0 Å². The Morgan fingerprint density at radius 3 is 1.87 bits per heavy atom. The average molecular weight is 387 g/mol. The molecule has 0 atom stereocenters. The molecule has 0 aliphatic carbocycles. The van der Waals surface area contributed by atoms with E-state index in [9.17, 15) is 0 Å². The van der Waals surface area contributed by atoms with Crippen molar-refractivity contribution in [3.63, 3.8) is 0 Å². The lowest BCUT2D eigenvalue weighted by atomic mass is 10.0. The number of benzene rings is 4. The smallest absolute Gasteiger partial charge is 0.130 e. The van der Waals surface area contributed by atoms with Gasteiger partial charge in [-0.15, -0.1) is 0 Å². The predicted molar refractivity (Wildman–Crippen MR) is 123 cm³/mol. The molecule has 0 radical (unpaired) electrons. The number of rotatable bonds is 1. The van der Waals surface area contributed by atoms with Crippen LogP contribution in [0.5, 0.6) is 11.5 Å². The van der Waals surface area contributed by atoms with Gasteiger partial charge in [-0.25, -0.2) is 4.98 Å². The quantitative estimate of drug-likeness (QED) is 0.296. The fourth-order valence-corrected chi connectivity index (χ4v) is 3.66. The van der Waals surface area contributed by atoms with Crippen molar-refractivity contribution >= 4 is 10.9 Å². The summed E-state index contributed by atoms with van der Waals surface area (Å²) in [5.74, 6) is 1.98. The van der Waals surface area contributed by atoms with Crippen LogP contribution in [0.2, 0.25) is 0 Å². The highest BCUT2D eigenvalue weighted by Gasteiger charge is 2.14. The van der Waals surface area contributed by atoms with Crippen LogP contribution in [0.3, 0.4) is 0 Å². The zero-order valence-corrected chi connectivity index (χ0v) is 16.5. The standard InChI is InChI=1S/C15H11N.C13H10O/c1-2-6-12(7-3-1)15-11-10-13-8-4-5-9-14(13)16-15;1-3-7-12-10(5-1)9-11-6-2-4-8-13(11)14-12/h1-11H;1-8H,9H2. The molecule has 0 unspecified atom stereocenters. The molecule has 2 heteroatoms. The summed E-state index contributed by atoms with van der Waals surface area (Å²) in [6, 6.07) is 39.0. The Morgan fingerprint density at radius 1 is 0.533 bits per heavy atom. The van der Waals surface area contributed by atoms with Crippen molar-refractivity contribution in [2.75, 3.05) is 0 Å². The summed E-state index contributed by atoms with van der Waals surface area (Å²) in [5, 5.41) is 1.18. The first-order valence-electron chi connectivity index (χ1n) is 10.1. The van der Waals surface area contributed by atoms with Crippen molar-refractivity contribution in [1.29, 1.82) is 0 Å². The van der Waals surface area contributed by atoms with E-state index in [0.717, 1.165) is 34.7 Å². The summed E-state index contributed by atoms with van der Waals surface area (Å²) >= 11 is 0. The van der Waals surface area contributed by atoms with Gasteiger partial charge in [0.05, 0.1) is 11.2 Å².